The fraction of sp³-hybridized carbons (Fsp3) is 0.0370. The van der Waals surface area contributed by atoms with Gasteiger partial charge in [-0.05, 0) is 58.3 Å². The Morgan fingerprint density at radius 2 is 1.59 bits per heavy atom. The molecule has 2 heterocycles. The van der Waals surface area contributed by atoms with Gasteiger partial charge < -0.3 is 5.11 Å². The first-order valence-corrected chi connectivity index (χ1v) is 10.7. The molecule has 0 saturated carbocycles. The molecule has 32 heavy (non-hydrogen) atoms. The standard InChI is InChI=1S/C27H18ClN3O/c28-20-9-5-17(6-10-20)25(26-21-4-2-1-3-16(21)8-12-24(26)32)19-13-22-23(29-14-19)11-7-18-15-30-31-27(18)22/h1-15,25,32H,(H,30,31). The van der Waals surface area contributed by atoms with Gasteiger partial charge in [-0.3, -0.25) is 10.1 Å². The number of phenolic OH excluding ortho intramolecular Hbond substituents is 1. The SMILES string of the molecule is Oc1ccc2ccccc2c1C(c1ccc(Cl)cc1)c1cnc2ccc3cn[nH]c3c2c1. The van der Waals surface area contributed by atoms with Gasteiger partial charge in [0.05, 0.1) is 17.2 Å². The van der Waals surface area contributed by atoms with Gasteiger partial charge in [0, 0.05) is 33.5 Å². The second-order valence-electron chi connectivity index (χ2n) is 7.94. The summed E-state index contributed by atoms with van der Waals surface area (Å²) in [4.78, 5) is 4.75. The van der Waals surface area contributed by atoms with Crippen molar-refractivity contribution < 1.29 is 5.11 Å². The second kappa shape index (κ2) is 7.36. The van der Waals surface area contributed by atoms with Crippen LogP contribution in [0.25, 0.3) is 32.6 Å². The number of aromatic nitrogens is 3. The molecule has 0 spiro atoms. The zero-order valence-electron chi connectivity index (χ0n) is 17.0. The first kappa shape index (κ1) is 18.8. The summed E-state index contributed by atoms with van der Waals surface area (Å²) in [7, 11) is 0. The fourth-order valence-corrected chi connectivity index (χ4v) is 4.68. The van der Waals surface area contributed by atoms with Crippen LogP contribution in [0.5, 0.6) is 5.75 Å². The van der Waals surface area contributed by atoms with Crippen molar-refractivity contribution in [3.05, 3.63) is 113 Å². The largest absolute Gasteiger partial charge is 0.508 e. The molecule has 0 saturated heterocycles. The van der Waals surface area contributed by atoms with Gasteiger partial charge in [0.25, 0.3) is 0 Å². The van der Waals surface area contributed by atoms with Crippen molar-refractivity contribution in [1.82, 2.24) is 15.2 Å². The zero-order valence-corrected chi connectivity index (χ0v) is 17.7. The molecule has 1 unspecified atom stereocenters. The highest BCUT2D eigenvalue weighted by Crippen LogP contribution is 2.42. The quantitative estimate of drug-likeness (QED) is 0.321. The van der Waals surface area contributed by atoms with Crippen molar-refractivity contribution in [2.45, 2.75) is 5.92 Å². The Balaban J connectivity index is 1.68. The number of pyridine rings is 1. The normalized spacial score (nSPS) is 12.5. The van der Waals surface area contributed by atoms with Crippen LogP contribution in [0.4, 0.5) is 0 Å². The summed E-state index contributed by atoms with van der Waals surface area (Å²) >= 11 is 6.19. The molecule has 0 bridgehead atoms. The van der Waals surface area contributed by atoms with Crippen molar-refractivity contribution in [3.63, 3.8) is 0 Å². The molecule has 5 heteroatoms. The summed E-state index contributed by atoms with van der Waals surface area (Å²) in [6.45, 7) is 0. The fourth-order valence-electron chi connectivity index (χ4n) is 4.56. The summed E-state index contributed by atoms with van der Waals surface area (Å²) in [5, 5.41) is 23.1. The van der Waals surface area contributed by atoms with E-state index in [0.29, 0.717) is 5.02 Å². The topological polar surface area (TPSA) is 61.8 Å². The van der Waals surface area contributed by atoms with Crippen molar-refractivity contribution in [2.24, 2.45) is 0 Å². The summed E-state index contributed by atoms with van der Waals surface area (Å²) in [6, 6.07) is 25.8. The predicted octanol–water partition coefficient (Wildman–Crippen LogP) is 6.80. The van der Waals surface area contributed by atoms with Gasteiger partial charge >= 0.3 is 0 Å². The number of rotatable bonds is 3. The summed E-state index contributed by atoms with van der Waals surface area (Å²) in [6.07, 6.45) is 3.71. The zero-order chi connectivity index (χ0) is 21.7. The summed E-state index contributed by atoms with van der Waals surface area (Å²) < 4.78 is 0. The van der Waals surface area contributed by atoms with Crippen LogP contribution in [0, 0.1) is 0 Å². The molecule has 0 amide bonds. The second-order valence-corrected chi connectivity index (χ2v) is 8.38. The number of H-pyrrole nitrogens is 1. The molecule has 2 N–H and O–H groups in total. The molecular weight excluding hydrogens is 418 g/mol. The molecule has 0 fully saturated rings. The number of phenols is 1. The van der Waals surface area contributed by atoms with Crippen LogP contribution in [-0.4, -0.2) is 20.3 Å². The molecule has 0 aliphatic rings. The van der Waals surface area contributed by atoms with Crippen LogP contribution < -0.4 is 0 Å². The molecule has 154 valence electrons. The summed E-state index contributed by atoms with van der Waals surface area (Å²) in [5.41, 5.74) is 4.70. The Labute approximate surface area is 189 Å². The number of nitrogens with one attached hydrogen (secondary N) is 1. The molecule has 2 aromatic heterocycles. The van der Waals surface area contributed by atoms with Crippen LogP contribution in [0.2, 0.25) is 5.02 Å². The first-order chi connectivity index (χ1) is 15.7. The van der Waals surface area contributed by atoms with Gasteiger partial charge in [-0.25, -0.2) is 0 Å². The monoisotopic (exact) mass is 435 g/mol. The smallest absolute Gasteiger partial charge is 0.120 e. The minimum absolute atomic E-state index is 0.228. The van der Waals surface area contributed by atoms with E-state index in [1.165, 1.54) is 0 Å². The van der Waals surface area contributed by atoms with Gasteiger partial charge in [-0.2, -0.15) is 5.10 Å². The Bertz CT molecular complexity index is 1610. The van der Waals surface area contributed by atoms with Gasteiger partial charge in [0.2, 0.25) is 0 Å². The number of aromatic amines is 1. The predicted molar refractivity (Wildman–Crippen MR) is 129 cm³/mol. The summed E-state index contributed by atoms with van der Waals surface area (Å²) in [5.74, 6) is 0.0249. The lowest BCUT2D eigenvalue weighted by molar-refractivity contribution is 0.468. The number of fused-ring (bicyclic) bond motifs is 4. The highest BCUT2D eigenvalue weighted by atomic mass is 35.5. The van der Waals surface area contributed by atoms with Crippen molar-refractivity contribution in [3.8, 4) is 5.75 Å². The lowest BCUT2D eigenvalue weighted by atomic mass is 9.82. The Hall–Kier alpha value is -3.89. The highest BCUT2D eigenvalue weighted by molar-refractivity contribution is 6.30. The van der Waals surface area contributed by atoms with Gasteiger partial charge in [-0.1, -0.05) is 54.1 Å². The Morgan fingerprint density at radius 1 is 0.781 bits per heavy atom. The minimum Gasteiger partial charge on any atom is -0.508 e. The van der Waals surface area contributed by atoms with Crippen molar-refractivity contribution >= 4 is 44.2 Å². The minimum atomic E-state index is -0.228. The molecular formula is C27H18ClN3O. The third-order valence-corrected chi connectivity index (χ3v) is 6.32. The third kappa shape index (κ3) is 3.00. The van der Waals surface area contributed by atoms with E-state index in [1.54, 1.807) is 6.07 Å². The lowest BCUT2D eigenvalue weighted by Crippen LogP contribution is -2.05. The van der Waals surface area contributed by atoms with Crippen LogP contribution in [0.1, 0.15) is 22.6 Å². The number of hydrogen-bond donors (Lipinski definition) is 2. The number of benzene rings is 4. The molecule has 1 atom stereocenters. The van der Waals surface area contributed by atoms with Crippen LogP contribution in [0.3, 0.4) is 0 Å². The lowest BCUT2D eigenvalue weighted by Gasteiger charge is -2.22. The molecule has 0 aliphatic heterocycles. The Kier molecular flexibility index (Phi) is 4.33. The maximum atomic E-state index is 11.0. The van der Waals surface area contributed by atoms with E-state index in [1.807, 2.05) is 67.0 Å². The van der Waals surface area contributed by atoms with Gasteiger partial charge in [-0.15, -0.1) is 0 Å². The van der Waals surface area contributed by atoms with E-state index in [2.05, 4.69) is 28.4 Å². The molecule has 6 aromatic rings. The maximum absolute atomic E-state index is 11.0. The van der Waals surface area contributed by atoms with Crippen molar-refractivity contribution in [1.29, 1.82) is 0 Å². The number of nitrogens with zero attached hydrogens (tertiary/aromatic N) is 2. The molecule has 4 aromatic carbocycles. The van der Waals surface area contributed by atoms with Crippen LogP contribution >= 0.6 is 11.6 Å². The number of aromatic hydroxyl groups is 1. The van der Waals surface area contributed by atoms with E-state index < -0.39 is 0 Å². The van der Waals surface area contributed by atoms with E-state index in [-0.39, 0.29) is 11.7 Å². The molecule has 0 aliphatic carbocycles. The molecule has 4 nitrogen and oxygen atoms in total. The molecule has 6 rings (SSSR count). The highest BCUT2D eigenvalue weighted by Gasteiger charge is 2.23. The third-order valence-electron chi connectivity index (χ3n) is 6.07. The average Bonchev–Trinajstić information content (AvgIpc) is 3.31. The van der Waals surface area contributed by atoms with E-state index in [9.17, 15) is 5.11 Å². The van der Waals surface area contributed by atoms with E-state index in [4.69, 9.17) is 16.6 Å². The van der Waals surface area contributed by atoms with Crippen molar-refractivity contribution in [2.75, 3.05) is 0 Å². The first-order valence-electron chi connectivity index (χ1n) is 10.4. The number of halogens is 1. The van der Waals surface area contributed by atoms with Gasteiger partial charge in [0.1, 0.15) is 5.75 Å². The van der Waals surface area contributed by atoms with E-state index in [0.717, 1.165) is 49.3 Å². The van der Waals surface area contributed by atoms with Crippen LogP contribution in [0.15, 0.2) is 91.3 Å². The molecule has 0 radical (unpaired) electrons. The number of hydrogen-bond acceptors (Lipinski definition) is 3. The van der Waals surface area contributed by atoms with Gasteiger partial charge in [0.15, 0.2) is 0 Å². The van der Waals surface area contributed by atoms with Crippen LogP contribution in [-0.2, 0) is 0 Å². The Morgan fingerprint density at radius 3 is 2.47 bits per heavy atom. The van der Waals surface area contributed by atoms with E-state index >= 15 is 0 Å². The maximum Gasteiger partial charge on any atom is 0.120 e. The average molecular weight is 436 g/mol.